The zero-order valence-electron chi connectivity index (χ0n) is 15.9. The van der Waals surface area contributed by atoms with Crippen molar-refractivity contribution < 1.29 is 13.5 Å². The Morgan fingerprint density at radius 1 is 1.30 bits per heavy atom. The van der Waals surface area contributed by atoms with E-state index in [0.717, 1.165) is 66.7 Å². The molecule has 0 aliphatic heterocycles. The molecule has 27 heavy (non-hydrogen) atoms. The van der Waals surface area contributed by atoms with Gasteiger partial charge in [-0.1, -0.05) is 6.07 Å². The third-order valence-electron chi connectivity index (χ3n) is 5.58. The maximum Gasteiger partial charge on any atom is 0.181 e. The molecular weight excluding hydrogens is 343 g/mol. The highest BCUT2D eigenvalue weighted by Gasteiger charge is 2.27. The Bertz CT molecular complexity index is 937. The molecule has 2 aromatic carbocycles. The Morgan fingerprint density at radius 3 is 3.04 bits per heavy atom. The van der Waals surface area contributed by atoms with E-state index in [-0.39, 0.29) is 11.7 Å². The molecule has 0 saturated carbocycles. The number of ether oxygens (including phenoxy) is 1. The summed E-state index contributed by atoms with van der Waals surface area (Å²) >= 11 is 0. The molecule has 0 amide bonds. The number of likely N-dealkylation sites (N-methyl/N-ethyl adjacent to an activating group) is 1. The molecule has 0 spiro atoms. The van der Waals surface area contributed by atoms with Crippen LogP contribution >= 0.6 is 0 Å². The van der Waals surface area contributed by atoms with Crippen LogP contribution in [0.15, 0.2) is 41.1 Å². The summed E-state index contributed by atoms with van der Waals surface area (Å²) in [5.74, 6) is 0.937. The van der Waals surface area contributed by atoms with E-state index in [9.17, 15) is 4.39 Å². The third-order valence-corrected chi connectivity index (χ3v) is 5.58. The Labute approximate surface area is 159 Å². The highest BCUT2D eigenvalue weighted by Crippen LogP contribution is 2.38. The molecule has 0 bridgehead atoms. The third kappa shape index (κ3) is 3.69. The molecule has 1 heterocycles. The van der Waals surface area contributed by atoms with Gasteiger partial charge in [-0.25, -0.2) is 9.37 Å². The molecule has 1 aliphatic carbocycles. The molecule has 0 fully saturated rings. The monoisotopic (exact) mass is 368 g/mol. The molecule has 0 N–H and O–H groups in total. The van der Waals surface area contributed by atoms with Crippen LogP contribution in [0.1, 0.15) is 35.4 Å². The predicted molar refractivity (Wildman–Crippen MR) is 104 cm³/mol. The molecule has 1 aliphatic rings. The van der Waals surface area contributed by atoms with Crippen LogP contribution in [0, 0.1) is 5.82 Å². The van der Waals surface area contributed by atoms with Crippen molar-refractivity contribution in [3.05, 3.63) is 59.2 Å². The largest absolute Gasteiger partial charge is 0.496 e. The summed E-state index contributed by atoms with van der Waals surface area (Å²) in [6.07, 6.45) is 5.40. The molecule has 4 nitrogen and oxygen atoms in total. The lowest BCUT2D eigenvalue weighted by atomic mass is 9.81. The normalized spacial score (nSPS) is 16.7. The standard InChI is InChI=1S/C22H25FN2O2/c1-25(11-10-15-6-8-21-19(12-15)24-14-27-21)13-16-4-3-5-17-20(26-2)9-7-18(23)22(16)17/h6-9,12,14,16H,3-5,10-11,13H2,1-2H3. The van der Waals surface area contributed by atoms with Gasteiger partial charge in [-0.05, 0) is 74.0 Å². The molecule has 3 aromatic rings. The van der Waals surface area contributed by atoms with Crippen molar-refractivity contribution in [2.24, 2.45) is 0 Å². The lowest BCUT2D eigenvalue weighted by molar-refractivity contribution is 0.295. The first-order valence-electron chi connectivity index (χ1n) is 9.51. The fourth-order valence-electron chi connectivity index (χ4n) is 4.21. The van der Waals surface area contributed by atoms with Crippen molar-refractivity contribution >= 4 is 11.1 Å². The fourth-order valence-corrected chi connectivity index (χ4v) is 4.21. The van der Waals surface area contributed by atoms with Crippen LogP contribution in [0.2, 0.25) is 0 Å². The summed E-state index contributed by atoms with van der Waals surface area (Å²) in [4.78, 5) is 6.51. The Kier molecular flexibility index (Phi) is 5.12. The van der Waals surface area contributed by atoms with E-state index < -0.39 is 0 Å². The predicted octanol–water partition coefficient (Wildman–Crippen LogP) is 4.57. The highest BCUT2D eigenvalue weighted by molar-refractivity contribution is 5.72. The lowest BCUT2D eigenvalue weighted by Crippen LogP contribution is -2.29. The molecule has 1 unspecified atom stereocenters. The average Bonchev–Trinajstić information content (AvgIpc) is 3.14. The van der Waals surface area contributed by atoms with Crippen LogP contribution in [0.25, 0.3) is 11.1 Å². The number of nitrogens with zero attached hydrogens (tertiary/aromatic N) is 2. The SMILES string of the molecule is COc1ccc(F)c2c1CCCC2CN(C)CCc1ccc2ocnc2c1. The van der Waals surface area contributed by atoms with E-state index in [0.29, 0.717) is 0 Å². The van der Waals surface area contributed by atoms with Gasteiger partial charge in [-0.15, -0.1) is 0 Å². The number of halogens is 1. The second kappa shape index (κ2) is 7.69. The quantitative estimate of drug-likeness (QED) is 0.639. The Hall–Kier alpha value is -2.40. The first-order chi connectivity index (χ1) is 13.2. The van der Waals surface area contributed by atoms with Gasteiger partial charge in [0.25, 0.3) is 0 Å². The van der Waals surface area contributed by atoms with E-state index in [1.807, 2.05) is 6.07 Å². The van der Waals surface area contributed by atoms with E-state index in [1.54, 1.807) is 19.2 Å². The van der Waals surface area contributed by atoms with E-state index in [4.69, 9.17) is 9.15 Å². The smallest absolute Gasteiger partial charge is 0.181 e. The number of rotatable bonds is 6. The van der Waals surface area contributed by atoms with Crippen molar-refractivity contribution in [3.63, 3.8) is 0 Å². The highest BCUT2D eigenvalue weighted by atomic mass is 19.1. The molecular formula is C22H25FN2O2. The number of oxazole rings is 1. The maximum absolute atomic E-state index is 14.6. The van der Waals surface area contributed by atoms with E-state index in [2.05, 4.69) is 29.1 Å². The van der Waals surface area contributed by atoms with Gasteiger partial charge < -0.3 is 14.1 Å². The first-order valence-corrected chi connectivity index (χ1v) is 9.51. The molecule has 1 atom stereocenters. The number of hydrogen-bond donors (Lipinski definition) is 0. The lowest BCUT2D eigenvalue weighted by Gasteiger charge is -2.30. The summed E-state index contributed by atoms with van der Waals surface area (Å²) in [5.41, 5.74) is 4.86. The summed E-state index contributed by atoms with van der Waals surface area (Å²) in [6.45, 7) is 1.77. The van der Waals surface area contributed by atoms with Crippen molar-refractivity contribution in [2.75, 3.05) is 27.2 Å². The van der Waals surface area contributed by atoms with Gasteiger partial charge in [0.05, 0.1) is 7.11 Å². The van der Waals surface area contributed by atoms with Gasteiger partial charge in [-0.2, -0.15) is 0 Å². The molecule has 0 radical (unpaired) electrons. The van der Waals surface area contributed by atoms with Crippen LogP contribution in [0.4, 0.5) is 4.39 Å². The number of methoxy groups -OCH3 is 1. The van der Waals surface area contributed by atoms with Crippen molar-refractivity contribution in [3.8, 4) is 5.75 Å². The first kappa shape index (κ1) is 18.0. The van der Waals surface area contributed by atoms with Crippen LogP contribution in [0.5, 0.6) is 5.75 Å². The summed E-state index contributed by atoms with van der Waals surface area (Å²) in [7, 11) is 3.77. The Morgan fingerprint density at radius 2 is 2.19 bits per heavy atom. The van der Waals surface area contributed by atoms with Gasteiger partial charge in [0.1, 0.15) is 17.1 Å². The van der Waals surface area contributed by atoms with Crippen molar-refractivity contribution in [1.29, 1.82) is 0 Å². The number of hydrogen-bond acceptors (Lipinski definition) is 4. The van der Waals surface area contributed by atoms with Gasteiger partial charge in [0.2, 0.25) is 0 Å². The summed E-state index contributed by atoms with van der Waals surface area (Å²) in [5, 5.41) is 0. The molecule has 142 valence electrons. The average molecular weight is 368 g/mol. The maximum atomic E-state index is 14.6. The van der Waals surface area contributed by atoms with Gasteiger partial charge in [0, 0.05) is 18.7 Å². The number of aromatic nitrogens is 1. The molecule has 1 aromatic heterocycles. The number of benzene rings is 2. The molecule has 0 saturated heterocycles. The van der Waals surface area contributed by atoms with Gasteiger partial charge in [0.15, 0.2) is 12.0 Å². The minimum absolute atomic E-state index is 0.0969. The van der Waals surface area contributed by atoms with Crippen LogP contribution in [0.3, 0.4) is 0 Å². The van der Waals surface area contributed by atoms with Gasteiger partial charge >= 0.3 is 0 Å². The minimum atomic E-state index is -0.0969. The molecule has 4 rings (SSSR count). The topological polar surface area (TPSA) is 38.5 Å². The Balaban J connectivity index is 1.43. The minimum Gasteiger partial charge on any atom is -0.496 e. The van der Waals surface area contributed by atoms with Crippen LogP contribution < -0.4 is 4.74 Å². The van der Waals surface area contributed by atoms with Crippen LogP contribution in [-0.2, 0) is 12.8 Å². The summed E-state index contributed by atoms with van der Waals surface area (Å²) < 4.78 is 25.3. The fraction of sp³-hybridized carbons (Fsp3) is 0.409. The second-order valence-electron chi connectivity index (χ2n) is 7.40. The molecule has 5 heteroatoms. The van der Waals surface area contributed by atoms with E-state index >= 15 is 0 Å². The second-order valence-corrected chi connectivity index (χ2v) is 7.40. The summed E-state index contributed by atoms with van der Waals surface area (Å²) in [6, 6.07) is 9.43. The zero-order chi connectivity index (χ0) is 18.8. The number of fused-ring (bicyclic) bond motifs is 2. The van der Waals surface area contributed by atoms with Gasteiger partial charge in [-0.3, -0.25) is 0 Å². The van der Waals surface area contributed by atoms with E-state index in [1.165, 1.54) is 12.0 Å². The zero-order valence-corrected chi connectivity index (χ0v) is 15.9. The van der Waals surface area contributed by atoms with Crippen LogP contribution in [-0.4, -0.2) is 37.1 Å². The van der Waals surface area contributed by atoms with Crippen molar-refractivity contribution in [1.82, 2.24) is 9.88 Å². The van der Waals surface area contributed by atoms with Crippen molar-refractivity contribution in [2.45, 2.75) is 31.6 Å².